The van der Waals surface area contributed by atoms with E-state index in [1.54, 1.807) is 4.40 Å². The van der Waals surface area contributed by atoms with E-state index < -0.39 is 0 Å². The monoisotopic (exact) mass is 448 g/mol. The van der Waals surface area contributed by atoms with E-state index >= 15 is 0 Å². The molecule has 164 valence electrons. The van der Waals surface area contributed by atoms with Gasteiger partial charge in [-0.1, -0.05) is 48.2 Å². The maximum absolute atomic E-state index is 12.7. The number of carbonyl (C=O) groups excluding carboxylic acids is 2. The molecule has 3 aromatic rings. The molecule has 0 bridgehead atoms. The lowest BCUT2D eigenvalue weighted by Gasteiger charge is -2.13. The molecule has 32 heavy (non-hydrogen) atoms. The third kappa shape index (κ3) is 4.88. The fourth-order valence-electron chi connectivity index (χ4n) is 3.44. The Hall–Kier alpha value is -3.46. The van der Waals surface area contributed by atoms with Gasteiger partial charge in [0.1, 0.15) is 11.3 Å². The number of hydrogen-bond donors (Lipinski definition) is 2. The van der Waals surface area contributed by atoms with Gasteiger partial charge < -0.3 is 10.6 Å². The third-order valence-corrected chi connectivity index (χ3v) is 5.94. The minimum atomic E-state index is -0.198. The van der Waals surface area contributed by atoms with E-state index in [1.807, 2.05) is 62.5 Å². The summed E-state index contributed by atoms with van der Waals surface area (Å²) >= 11 is 1.45. The molecule has 0 saturated carbocycles. The highest BCUT2D eigenvalue weighted by Gasteiger charge is 2.18. The average Bonchev–Trinajstić information content (AvgIpc) is 3.15. The van der Waals surface area contributed by atoms with Gasteiger partial charge in [0.2, 0.25) is 5.91 Å². The lowest BCUT2D eigenvalue weighted by atomic mass is 10.1. The molecule has 0 spiro atoms. The number of amidine groups is 1. The summed E-state index contributed by atoms with van der Waals surface area (Å²) in [5, 5.41) is 14.5. The maximum Gasteiger partial charge on any atom is 0.270 e. The number of rotatable bonds is 6. The predicted octanol–water partition coefficient (Wildman–Crippen LogP) is 3.08. The Morgan fingerprint density at radius 1 is 1.09 bits per heavy atom. The van der Waals surface area contributed by atoms with Crippen molar-refractivity contribution in [1.29, 1.82) is 0 Å². The van der Waals surface area contributed by atoms with Crippen molar-refractivity contribution in [3.8, 4) is 0 Å². The number of amides is 2. The van der Waals surface area contributed by atoms with Gasteiger partial charge in [-0.2, -0.15) is 5.10 Å². The Morgan fingerprint density at radius 2 is 1.91 bits per heavy atom. The van der Waals surface area contributed by atoms with Crippen molar-refractivity contribution < 1.29 is 9.59 Å². The van der Waals surface area contributed by atoms with Crippen molar-refractivity contribution in [2.75, 3.05) is 12.3 Å². The van der Waals surface area contributed by atoms with Crippen LogP contribution in [0.5, 0.6) is 0 Å². The van der Waals surface area contributed by atoms with Crippen molar-refractivity contribution >= 4 is 40.1 Å². The van der Waals surface area contributed by atoms with Gasteiger partial charge in [0.05, 0.1) is 11.4 Å². The molecular weight excluding hydrogens is 424 g/mol. The fraction of sp³-hybridized carbons (Fsp3) is 0.261. The summed E-state index contributed by atoms with van der Waals surface area (Å²) in [5.74, 6) is 0.304. The van der Waals surface area contributed by atoms with E-state index in [4.69, 9.17) is 0 Å². The highest BCUT2D eigenvalue weighted by atomic mass is 32.2. The van der Waals surface area contributed by atoms with Gasteiger partial charge in [0, 0.05) is 24.9 Å². The van der Waals surface area contributed by atoms with Gasteiger partial charge in [-0.25, -0.2) is 4.98 Å². The van der Waals surface area contributed by atoms with Crippen LogP contribution in [0, 0.1) is 13.8 Å². The normalized spacial score (nSPS) is 13.4. The highest BCUT2D eigenvalue weighted by Crippen LogP contribution is 2.16. The van der Waals surface area contributed by atoms with Gasteiger partial charge in [-0.05, 0) is 37.5 Å². The quantitative estimate of drug-likeness (QED) is 0.566. The Labute approximate surface area is 190 Å². The second-order valence-corrected chi connectivity index (χ2v) is 8.41. The lowest BCUT2D eigenvalue weighted by molar-refractivity contribution is -0.119. The Kier molecular flexibility index (Phi) is 6.65. The van der Waals surface area contributed by atoms with Crippen LogP contribution in [0.2, 0.25) is 0 Å². The summed E-state index contributed by atoms with van der Waals surface area (Å²) in [6.45, 7) is 4.18. The molecule has 1 aliphatic rings. The van der Waals surface area contributed by atoms with E-state index in [9.17, 15) is 9.59 Å². The molecule has 2 N–H and O–H groups in total. The number of nitrogens with zero attached hydrogens (tertiary/aromatic N) is 4. The first kappa shape index (κ1) is 21.8. The van der Waals surface area contributed by atoms with Gasteiger partial charge in [-0.15, -0.1) is 5.10 Å². The zero-order chi connectivity index (χ0) is 22.5. The summed E-state index contributed by atoms with van der Waals surface area (Å²) in [4.78, 5) is 29.4. The number of nitrogens with one attached hydrogen (secondary N) is 2. The van der Waals surface area contributed by atoms with Crippen LogP contribution in [0.3, 0.4) is 0 Å². The second-order valence-electron chi connectivity index (χ2n) is 7.44. The number of benzene rings is 1. The Balaban J connectivity index is 1.25. The number of carbonyl (C=O) groups is 2. The molecule has 1 aliphatic heterocycles. The van der Waals surface area contributed by atoms with Crippen LogP contribution in [-0.4, -0.2) is 44.4 Å². The molecule has 0 fully saturated rings. The summed E-state index contributed by atoms with van der Waals surface area (Å²) in [7, 11) is 0. The van der Waals surface area contributed by atoms with Gasteiger partial charge in [-0.3, -0.25) is 14.0 Å². The third-order valence-electron chi connectivity index (χ3n) is 5.06. The van der Waals surface area contributed by atoms with Gasteiger partial charge in [0.15, 0.2) is 5.17 Å². The lowest BCUT2D eigenvalue weighted by Crippen LogP contribution is -2.32. The molecule has 4 rings (SSSR count). The van der Waals surface area contributed by atoms with Gasteiger partial charge >= 0.3 is 0 Å². The number of fused-ring (bicyclic) bond motifs is 1. The Bertz CT molecular complexity index is 1220. The molecular formula is C23H24N6O2S. The van der Waals surface area contributed by atoms with Crippen molar-refractivity contribution in [2.24, 2.45) is 10.2 Å². The molecule has 3 heterocycles. The fourth-order valence-corrected chi connectivity index (χ4v) is 4.22. The van der Waals surface area contributed by atoms with Crippen LogP contribution in [0.4, 0.5) is 0 Å². The molecule has 0 saturated heterocycles. The molecule has 0 atom stereocenters. The first-order chi connectivity index (χ1) is 15.5. The minimum absolute atomic E-state index is 0.148. The number of imidazole rings is 1. The minimum Gasteiger partial charge on any atom is -0.351 e. The number of thioether (sulfide) groups is 1. The van der Waals surface area contributed by atoms with E-state index in [-0.39, 0.29) is 18.2 Å². The smallest absolute Gasteiger partial charge is 0.270 e. The average molecular weight is 449 g/mol. The van der Waals surface area contributed by atoms with Crippen molar-refractivity contribution in [2.45, 2.75) is 26.7 Å². The van der Waals surface area contributed by atoms with Crippen molar-refractivity contribution in [3.63, 3.8) is 0 Å². The summed E-state index contributed by atoms with van der Waals surface area (Å²) in [6.07, 6.45) is 2.63. The standard InChI is InChI=1S/C23H24N6O2S/c1-15-8-7-13-29-20(16(2)25-21(15)29)22(31)24-12-6-11-19(30)26-23-28-27-18(14-32-23)17-9-4-3-5-10-17/h3-5,7-10,13H,6,11-12,14H2,1-2H3,(H,24,31)(H,26,28,30). The van der Waals surface area contributed by atoms with Crippen LogP contribution in [0.15, 0.2) is 58.9 Å². The number of aromatic nitrogens is 2. The van der Waals surface area contributed by atoms with Crippen LogP contribution in [0.25, 0.3) is 5.65 Å². The molecule has 0 unspecified atom stereocenters. The molecule has 2 amide bonds. The summed E-state index contributed by atoms with van der Waals surface area (Å²) in [6, 6.07) is 13.7. The highest BCUT2D eigenvalue weighted by molar-refractivity contribution is 8.14. The predicted molar refractivity (Wildman–Crippen MR) is 127 cm³/mol. The van der Waals surface area contributed by atoms with Crippen LogP contribution in [0.1, 0.15) is 40.2 Å². The molecule has 8 nitrogen and oxygen atoms in total. The maximum atomic E-state index is 12.7. The molecule has 1 aromatic carbocycles. The second kappa shape index (κ2) is 9.78. The summed E-state index contributed by atoms with van der Waals surface area (Å²) < 4.78 is 1.80. The SMILES string of the molecule is Cc1nc2c(C)cccn2c1C(=O)NCCCC(=O)NC1=NN=C(c2ccccc2)CS1. The number of aryl methyl sites for hydroxylation is 2. The van der Waals surface area contributed by atoms with Gasteiger partial charge in [0.25, 0.3) is 5.91 Å². The molecule has 9 heteroatoms. The largest absolute Gasteiger partial charge is 0.351 e. The number of hydrogen-bond acceptors (Lipinski definition) is 6. The Morgan fingerprint density at radius 3 is 2.66 bits per heavy atom. The van der Waals surface area contributed by atoms with Crippen molar-refractivity contribution in [3.05, 3.63) is 71.2 Å². The van der Waals surface area contributed by atoms with Crippen LogP contribution in [-0.2, 0) is 4.79 Å². The zero-order valence-electron chi connectivity index (χ0n) is 18.0. The topological polar surface area (TPSA) is 100 Å². The van der Waals surface area contributed by atoms with Crippen molar-refractivity contribution in [1.82, 2.24) is 20.0 Å². The van der Waals surface area contributed by atoms with E-state index in [0.29, 0.717) is 35.3 Å². The first-order valence-corrected chi connectivity index (χ1v) is 11.4. The summed E-state index contributed by atoms with van der Waals surface area (Å²) in [5.41, 5.74) is 4.90. The van der Waals surface area contributed by atoms with Crippen LogP contribution >= 0.6 is 11.8 Å². The van der Waals surface area contributed by atoms with E-state index in [0.717, 1.165) is 22.5 Å². The first-order valence-electron chi connectivity index (χ1n) is 10.4. The molecule has 2 aromatic heterocycles. The number of pyridine rings is 1. The molecule has 0 aliphatic carbocycles. The van der Waals surface area contributed by atoms with E-state index in [1.165, 1.54) is 11.8 Å². The van der Waals surface area contributed by atoms with Crippen LogP contribution < -0.4 is 10.6 Å². The zero-order valence-corrected chi connectivity index (χ0v) is 18.8. The molecule has 0 radical (unpaired) electrons. The van der Waals surface area contributed by atoms with E-state index in [2.05, 4.69) is 25.8 Å².